The molecule has 0 atom stereocenters. The van der Waals surface area contributed by atoms with Gasteiger partial charge in [0.2, 0.25) is 0 Å². The smallest absolute Gasteiger partial charge is 0.293 e. The molecule has 0 aromatic rings. The normalized spacial score (nSPS) is 9.83. The Hall–Kier alpha value is -0.650. The second-order valence-electron chi connectivity index (χ2n) is 3.33. The van der Waals surface area contributed by atoms with Crippen molar-refractivity contribution in [2.75, 3.05) is 26.4 Å². The molecule has 5 nitrogen and oxygen atoms in total. The third-order valence-electron chi connectivity index (χ3n) is 1.84. The van der Waals surface area contributed by atoms with E-state index in [-0.39, 0.29) is 0 Å². The number of hydrogen-bond acceptors (Lipinski definition) is 5. The van der Waals surface area contributed by atoms with Gasteiger partial charge in [0, 0.05) is 19.8 Å². The quantitative estimate of drug-likeness (QED) is 0.326. The molecule has 18 heavy (non-hydrogen) atoms. The largest absolute Gasteiger partial charge is 0.468 e. The maximum absolute atomic E-state index is 9.55. The molecule has 0 aliphatic carbocycles. The molecular weight excluding hydrogens is 236 g/mol. The summed E-state index contributed by atoms with van der Waals surface area (Å²) in [6.45, 7) is 10.3. The lowest BCUT2D eigenvalue weighted by Gasteiger charge is -2.15. The summed E-state index contributed by atoms with van der Waals surface area (Å²) in [5, 5.41) is 0. The van der Waals surface area contributed by atoms with Crippen molar-refractivity contribution in [3.05, 3.63) is 0 Å². The van der Waals surface area contributed by atoms with Gasteiger partial charge in [-0.25, -0.2) is 0 Å². The molecule has 0 unspecified atom stereocenters. The van der Waals surface area contributed by atoms with Gasteiger partial charge in [0.05, 0.1) is 6.61 Å². The van der Waals surface area contributed by atoms with Crippen LogP contribution in [0.4, 0.5) is 0 Å². The van der Waals surface area contributed by atoms with Crippen LogP contribution in [0.3, 0.4) is 0 Å². The van der Waals surface area contributed by atoms with Gasteiger partial charge < -0.3 is 18.9 Å². The van der Waals surface area contributed by atoms with E-state index in [9.17, 15) is 4.79 Å². The maximum Gasteiger partial charge on any atom is 0.293 e. The van der Waals surface area contributed by atoms with Crippen molar-refractivity contribution in [3.63, 3.8) is 0 Å². The number of unbranched alkanes of at least 4 members (excludes halogenated alkanes) is 2. The molecule has 0 amide bonds. The number of carbonyl (C=O) groups is 1. The molecule has 0 saturated carbocycles. The van der Waals surface area contributed by atoms with Crippen molar-refractivity contribution in [2.24, 2.45) is 0 Å². The standard InChI is InChI=1S/C7H16O3.C6H12O2/c1-4-8-7(9-5-2)10-6-3;1-2-3-4-5-8-6-7/h7H,4-6H2,1-3H3;6H,2-5H2,1H3. The lowest BCUT2D eigenvalue weighted by Crippen LogP contribution is -2.20. The molecule has 0 aliphatic heterocycles. The predicted octanol–water partition coefficient (Wildman–Crippen LogP) is 2.73. The van der Waals surface area contributed by atoms with E-state index in [1.165, 1.54) is 6.42 Å². The van der Waals surface area contributed by atoms with Gasteiger partial charge in [0.25, 0.3) is 12.9 Å². The predicted molar refractivity (Wildman–Crippen MR) is 70.2 cm³/mol. The Morgan fingerprint density at radius 2 is 1.39 bits per heavy atom. The van der Waals surface area contributed by atoms with E-state index in [1.807, 2.05) is 20.8 Å². The van der Waals surface area contributed by atoms with E-state index < -0.39 is 6.48 Å². The number of carbonyl (C=O) groups excluding carboxylic acids is 1. The SMILES string of the molecule is CCCCCOC=O.CCOC(OCC)OCC. The summed E-state index contributed by atoms with van der Waals surface area (Å²) in [5.41, 5.74) is 0. The average molecular weight is 264 g/mol. The van der Waals surface area contributed by atoms with Gasteiger partial charge in [-0.15, -0.1) is 0 Å². The fourth-order valence-electron chi connectivity index (χ4n) is 1.04. The van der Waals surface area contributed by atoms with Crippen LogP contribution >= 0.6 is 0 Å². The van der Waals surface area contributed by atoms with Crippen molar-refractivity contribution in [3.8, 4) is 0 Å². The average Bonchev–Trinajstić information content (AvgIpc) is 2.37. The maximum atomic E-state index is 9.55. The van der Waals surface area contributed by atoms with Gasteiger partial charge in [0.1, 0.15) is 0 Å². The summed E-state index contributed by atoms with van der Waals surface area (Å²) in [6.07, 6.45) is 3.31. The Balaban J connectivity index is 0. The van der Waals surface area contributed by atoms with Crippen LogP contribution in [0, 0.1) is 0 Å². The Morgan fingerprint density at radius 1 is 0.889 bits per heavy atom. The van der Waals surface area contributed by atoms with Crippen LogP contribution in [0.15, 0.2) is 0 Å². The first-order valence-corrected chi connectivity index (χ1v) is 6.66. The van der Waals surface area contributed by atoms with Gasteiger partial charge in [-0.2, -0.15) is 0 Å². The Kier molecular flexibility index (Phi) is 20.5. The van der Waals surface area contributed by atoms with Crippen molar-refractivity contribution in [2.45, 2.75) is 53.4 Å². The lowest BCUT2D eigenvalue weighted by atomic mass is 10.3. The first-order chi connectivity index (χ1) is 8.76. The summed E-state index contributed by atoms with van der Waals surface area (Å²) in [7, 11) is 0. The van der Waals surface area contributed by atoms with Gasteiger partial charge in [0.15, 0.2) is 0 Å². The number of ether oxygens (including phenoxy) is 4. The molecule has 0 aromatic carbocycles. The molecule has 0 aliphatic rings. The van der Waals surface area contributed by atoms with E-state index >= 15 is 0 Å². The summed E-state index contributed by atoms with van der Waals surface area (Å²) >= 11 is 0. The van der Waals surface area contributed by atoms with Crippen LogP contribution in [0.1, 0.15) is 47.0 Å². The zero-order valence-corrected chi connectivity index (χ0v) is 12.1. The minimum atomic E-state index is -0.472. The Morgan fingerprint density at radius 3 is 1.72 bits per heavy atom. The van der Waals surface area contributed by atoms with Crippen LogP contribution in [-0.2, 0) is 23.7 Å². The lowest BCUT2D eigenvalue weighted by molar-refractivity contribution is -0.282. The summed E-state index contributed by atoms with van der Waals surface area (Å²) in [4.78, 5) is 9.55. The molecule has 0 bridgehead atoms. The summed E-state index contributed by atoms with van der Waals surface area (Å²) < 4.78 is 19.7. The molecule has 0 heterocycles. The summed E-state index contributed by atoms with van der Waals surface area (Å²) in [5.74, 6) is 0. The molecule has 0 spiro atoms. The molecule has 110 valence electrons. The molecule has 0 radical (unpaired) electrons. The van der Waals surface area contributed by atoms with Crippen molar-refractivity contribution >= 4 is 6.47 Å². The van der Waals surface area contributed by atoms with Crippen LogP contribution in [-0.4, -0.2) is 39.4 Å². The molecule has 0 rings (SSSR count). The summed E-state index contributed by atoms with van der Waals surface area (Å²) in [6, 6.07) is 0. The monoisotopic (exact) mass is 264 g/mol. The van der Waals surface area contributed by atoms with E-state index in [1.54, 1.807) is 0 Å². The zero-order chi connectivity index (χ0) is 14.1. The molecule has 5 heteroatoms. The van der Waals surface area contributed by atoms with E-state index in [4.69, 9.17) is 14.2 Å². The minimum Gasteiger partial charge on any atom is -0.468 e. The van der Waals surface area contributed by atoms with Gasteiger partial charge in [-0.05, 0) is 27.2 Å². The van der Waals surface area contributed by atoms with Crippen LogP contribution in [0.2, 0.25) is 0 Å². The van der Waals surface area contributed by atoms with Crippen molar-refractivity contribution < 1.29 is 23.7 Å². The Bertz CT molecular complexity index is 138. The van der Waals surface area contributed by atoms with Gasteiger partial charge >= 0.3 is 0 Å². The highest BCUT2D eigenvalue weighted by Gasteiger charge is 2.04. The fourth-order valence-corrected chi connectivity index (χ4v) is 1.04. The molecule has 0 fully saturated rings. The van der Waals surface area contributed by atoms with Gasteiger partial charge in [-0.1, -0.05) is 19.8 Å². The van der Waals surface area contributed by atoms with Gasteiger partial charge in [-0.3, -0.25) is 4.79 Å². The molecule has 0 saturated heterocycles. The van der Waals surface area contributed by atoms with Crippen LogP contribution in [0.25, 0.3) is 0 Å². The molecular formula is C13H28O5. The third-order valence-corrected chi connectivity index (χ3v) is 1.84. The molecule has 0 N–H and O–H groups in total. The minimum absolute atomic E-state index is 0.472. The van der Waals surface area contributed by atoms with E-state index in [2.05, 4.69) is 11.7 Å². The third kappa shape index (κ3) is 17.7. The first kappa shape index (κ1) is 19.7. The highest BCUT2D eigenvalue weighted by atomic mass is 16.8. The second-order valence-corrected chi connectivity index (χ2v) is 3.33. The van der Waals surface area contributed by atoms with Crippen LogP contribution < -0.4 is 0 Å². The number of hydrogen-bond donors (Lipinski definition) is 0. The zero-order valence-electron chi connectivity index (χ0n) is 12.1. The van der Waals surface area contributed by atoms with Crippen molar-refractivity contribution in [1.82, 2.24) is 0 Å². The first-order valence-electron chi connectivity index (χ1n) is 6.66. The highest BCUT2D eigenvalue weighted by Crippen LogP contribution is 1.96. The second kappa shape index (κ2) is 18.7. The number of rotatable bonds is 11. The molecule has 0 aromatic heterocycles. The highest BCUT2D eigenvalue weighted by molar-refractivity contribution is 5.36. The van der Waals surface area contributed by atoms with E-state index in [0.717, 1.165) is 12.8 Å². The van der Waals surface area contributed by atoms with E-state index in [0.29, 0.717) is 32.9 Å². The fraction of sp³-hybridized carbons (Fsp3) is 0.923. The van der Waals surface area contributed by atoms with Crippen LogP contribution in [0.5, 0.6) is 0 Å². The Labute approximate surface area is 111 Å². The topological polar surface area (TPSA) is 54.0 Å². The van der Waals surface area contributed by atoms with Crippen molar-refractivity contribution in [1.29, 1.82) is 0 Å².